The number of carbonyl (C=O) groups is 2. The summed E-state index contributed by atoms with van der Waals surface area (Å²) in [7, 11) is 0. The third kappa shape index (κ3) is 5.55. The molecule has 1 saturated carbocycles. The zero-order valence-corrected chi connectivity index (χ0v) is 13.5. The lowest BCUT2D eigenvalue weighted by atomic mass is 9.85. The molecule has 0 saturated heterocycles. The van der Waals surface area contributed by atoms with E-state index >= 15 is 0 Å². The molecular formula is C19H24O4. The van der Waals surface area contributed by atoms with Crippen molar-refractivity contribution in [3.63, 3.8) is 0 Å². The largest absolute Gasteiger partial charge is 0.478 e. The van der Waals surface area contributed by atoms with Crippen LogP contribution in [0.2, 0.25) is 0 Å². The molecule has 1 N–H and O–H groups in total. The zero-order valence-electron chi connectivity index (χ0n) is 13.5. The van der Waals surface area contributed by atoms with Crippen LogP contribution in [0.25, 0.3) is 6.08 Å². The highest BCUT2D eigenvalue weighted by Crippen LogP contribution is 2.29. The lowest BCUT2D eigenvalue weighted by molar-refractivity contribution is -0.131. The molecule has 1 aromatic rings. The number of carbonyl (C=O) groups excluding carboxylic acids is 1. The number of benzene rings is 1. The SMILES string of the molecule is CCCC1CCC(OC(=O)c2ccc(/C=C/C(=O)O)cc2)CC1. The van der Waals surface area contributed by atoms with Crippen molar-refractivity contribution < 1.29 is 19.4 Å². The highest BCUT2D eigenvalue weighted by Gasteiger charge is 2.23. The zero-order chi connectivity index (χ0) is 16.7. The Balaban J connectivity index is 1.85. The van der Waals surface area contributed by atoms with Gasteiger partial charge < -0.3 is 9.84 Å². The first-order valence-electron chi connectivity index (χ1n) is 8.30. The van der Waals surface area contributed by atoms with Crippen LogP contribution in [-0.2, 0) is 9.53 Å². The smallest absolute Gasteiger partial charge is 0.338 e. The van der Waals surface area contributed by atoms with E-state index in [-0.39, 0.29) is 12.1 Å². The second-order valence-electron chi connectivity index (χ2n) is 6.13. The van der Waals surface area contributed by atoms with Crippen LogP contribution in [0.15, 0.2) is 30.3 Å². The van der Waals surface area contributed by atoms with Crippen molar-refractivity contribution in [3.8, 4) is 0 Å². The summed E-state index contributed by atoms with van der Waals surface area (Å²) in [4.78, 5) is 22.6. The molecule has 0 heterocycles. The number of aliphatic carboxylic acids is 1. The second-order valence-corrected chi connectivity index (χ2v) is 6.13. The van der Waals surface area contributed by atoms with Crippen molar-refractivity contribution >= 4 is 18.0 Å². The van der Waals surface area contributed by atoms with Crippen molar-refractivity contribution in [1.29, 1.82) is 0 Å². The number of esters is 1. The number of hydrogen-bond donors (Lipinski definition) is 1. The normalized spacial score (nSPS) is 21.3. The summed E-state index contributed by atoms with van der Waals surface area (Å²) in [6.45, 7) is 2.21. The van der Waals surface area contributed by atoms with Crippen molar-refractivity contribution in [1.82, 2.24) is 0 Å². The minimum absolute atomic E-state index is 0.0298. The number of carboxylic acids is 1. The summed E-state index contributed by atoms with van der Waals surface area (Å²) in [5.41, 5.74) is 1.25. The predicted octanol–water partition coefficient (Wildman–Crippen LogP) is 4.30. The van der Waals surface area contributed by atoms with E-state index in [0.29, 0.717) is 5.56 Å². The molecule has 0 aromatic heterocycles. The van der Waals surface area contributed by atoms with Crippen LogP contribution >= 0.6 is 0 Å². The first kappa shape index (κ1) is 17.3. The van der Waals surface area contributed by atoms with Crippen LogP contribution in [0.5, 0.6) is 0 Å². The minimum atomic E-state index is -0.993. The monoisotopic (exact) mass is 316 g/mol. The number of hydrogen-bond acceptors (Lipinski definition) is 3. The van der Waals surface area contributed by atoms with E-state index in [4.69, 9.17) is 9.84 Å². The molecule has 0 spiro atoms. The number of ether oxygens (including phenoxy) is 1. The van der Waals surface area contributed by atoms with Gasteiger partial charge in [-0.25, -0.2) is 9.59 Å². The molecule has 0 aliphatic heterocycles. The van der Waals surface area contributed by atoms with Gasteiger partial charge in [0.25, 0.3) is 0 Å². The van der Waals surface area contributed by atoms with Crippen molar-refractivity contribution in [2.24, 2.45) is 5.92 Å². The topological polar surface area (TPSA) is 63.6 Å². The van der Waals surface area contributed by atoms with Crippen molar-refractivity contribution in [2.45, 2.75) is 51.6 Å². The van der Waals surface area contributed by atoms with Crippen LogP contribution in [0.4, 0.5) is 0 Å². The molecule has 1 aromatic carbocycles. The Labute approximate surface area is 137 Å². The summed E-state index contributed by atoms with van der Waals surface area (Å²) in [6.07, 6.45) is 9.28. The van der Waals surface area contributed by atoms with Gasteiger partial charge in [0.15, 0.2) is 0 Å². The fourth-order valence-corrected chi connectivity index (χ4v) is 3.06. The Bertz CT molecular complexity index is 551. The molecule has 0 bridgehead atoms. The summed E-state index contributed by atoms with van der Waals surface area (Å²) in [6, 6.07) is 6.78. The molecule has 0 unspecified atom stereocenters. The number of rotatable bonds is 6. The van der Waals surface area contributed by atoms with Crippen LogP contribution in [0, 0.1) is 5.92 Å². The highest BCUT2D eigenvalue weighted by atomic mass is 16.5. The molecule has 1 aliphatic rings. The predicted molar refractivity (Wildman–Crippen MR) is 89.2 cm³/mol. The molecule has 0 atom stereocenters. The third-order valence-corrected chi connectivity index (χ3v) is 4.33. The Morgan fingerprint density at radius 1 is 1.17 bits per heavy atom. The van der Waals surface area contributed by atoms with Gasteiger partial charge in [-0.05, 0) is 55.4 Å². The second kappa shape index (κ2) is 8.51. The molecule has 2 rings (SSSR count). The molecule has 1 aliphatic carbocycles. The van der Waals surface area contributed by atoms with Gasteiger partial charge >= 0.3 is 11.9 Å². The van der Waals surface area contributed by atoms with E-state index in [1.54, 1.807) is 24.3 Å². The van der Waals surface area contributed by atoms with Gasteiger partial charge in [-0.2, -0.15) is 0 Å². The molecule has 124 valence electrons. The quantitative estimate of drug-likeness (QED) is 0.628. The van der Waals surface area contributed by atoms with Gasteiger partial charge in [0.2, 0.25) is 0 Å². The van der Waals surface area contributed by atoms with Crippen LogP contribution in [-0.4, -0.2) is 23.1 Å². The van der Waals surface area contributed by atoms with Gasteiger partial charge in [0.05, 0.1) is 5.56 Å². The molecule has 4 nitrogen and oxygen atoms in total. The Hall–Kier alpha value is -2.10. The van der Waals surface area contributed by atoms with E-state index in [0.717, 1.165) is 43.2 Å². The summed E-state index contributed by atoms with van der Waals surface area (Å²) in [5, 5.41) is 8.59. The van der Waals surface area contributed by atoms with Gasteiger partial charge in [-0.1, -0.05) is 31.9 Å². The first-order valence-corrected chi connectivity index (χ1v) is 8.30. The summed E-state index contributed by atoms with van der Waals surface area (Å²) in [5.74, 6) is -0.500. The molecule has 1 fully saturated rings. The maximum absolute atomic E-state index is 12.2. The third-order valence-electron chi connectivity index (χ3n) is 4.33. The average molecular weight is 316 g/mol. The maximum Gasteiger partial charge on any atom is 0.338 e. The molecule has 0 radical (unpaired) electrons. The molecule has 0 amide bonds. The van der Waals surface area contributed by atoms with E-state index in [2.05, 4.69) is 6.92 Å². The fraction of sp³-hybridized carbons (Fsp3) is 0.474. The van der Waals surface area contributed by atoms with Crippen molar-refractivity contribution in [2.75, 3.05) is 0 Å². The van der Waals surface area contributed by atoms with E-state index in [1.807, 2.05) is 0 Å². The maximum atomic E-state index is 12.2. The van der Waals surface area contributed by atoms with Gasteiger partial charge in [0, 0.05) is 6.08 Å². The lowest BCUT2D eigenvalue weighted by Crippen LogP contribution is -2.24. The van der Waals surface area contributed by atoms with E-state index in [9.17, 15) is 9.59 Å². The van der Waals surface area contributed by atoms with Gasteiger partial charge in [-0.3, -0.25) is 0 Å². The molecule has 4 heteroatoms. The van der Waals surface area contributed by atoms with Crippen LogP contribution in [0.1, 0.15) is 61.4 Å². The van der Waals surface area contributed by atoms with E-state index < -0.39 is 5.97 Å². The molecular weight excluding hydrogens is 292 g/mol. The molecule has 23 heavy (non-hydrogen) atoms. The average Bonchev–Trinajstić information content (AvgIpc) is 2.55. The van der Waals surface area contributed by atoms with Gasteiger partial charge in [0.1, 0.15) is 6.10 Å². The Morgan fingerprint density at radius 3 is 2.39 bits per heavy atom. The lowest BCUT2D eigenvalue weighted by Gasteiger charge is -2.28. The van der Waals surface area contributed by atoms with Crippen molar-refractivity contribution in [3.05, 3.63) is 41.5 Å². The van der Waals surface area contributed by atoms with Crippen LogP contribution < -0.4 is 0 Å². The minimum Gasteiger partial charge on any atom is -0.478 e. The van der Waals surface area contributed by atoms with Gasteiger partial charge in [-0.15, -0.1) is 0 Å². The first-order chi connectivity index (χ1) is 11.1. The Morgan fingerprint density at radius 2 is 1.83 bits per heavy atom. The number of carboxylic acid groups (broad SMARTS) is 1. The summed E-state index contributed by atoms with van der Waals surface area (Å²) >= 11 is 0. The highest BCUT2D eigenvalue weighted by molar-refractivity contribution is 5.90. The standard InChI is InChI=1S/C19H24O4/c1-2-3-14-6-11-17(12-7-14)23-19(22)16-9-4-15(5-10-16)8-13-18(20)21/h4-5,8-10,13-14,17H,2-3,6-7,11-12H2,1H3,(H,20,21)/b13-8+. The fourth-order valence-electron chi connectivity index (χ4n) is 3.06. The van der Waals surface area contributed by atoms with Crippen LogP contribution in [0.3, 0.4) is 0 Å². The van der Waals surface area contributed by atoms with E-state index in [1.165, 1.54) is 18.9 Å². The Kier molecular flexibility index (Phi) is 6.39. The summed E-state index contributed by atoms with van der Waals surface area (Å²) < 4.78 is 5.59.